The number of pyridine rings is 1. The van der Waals surface area contributed by atoms with Crippen molar-refractivity contribution in [2.75, 3.05) is 6.61 Å². The lowest BCUT2D eigenvalue weighted by atomic mass is 10.1. The molecule has 102 valence electrons. The molecule has 0 aliphatic rings. The first-order valence-electron chi connectivity index (χ1n) is 6.51. The largest absolute Gasteiger partial charge is 0.485 e. The van der Waals surface area contributed by atoms with Gasteiger partial charge in [-0.05, 0) is 30.5 Å². The second kappa shape index (κ2) is 5.45. The quantitative estimate of drug-likeness (QED) is 0.840. The van der Waals surface area contributed by atoms with Gasteiger partial charge in [-0.3, -0.25) is 4.40 Å². The molecule has 19 heavy (non-hydrogen) atoms. The molecule has 0 fully saturated rings. The van der Waals surface area contributed by atoms with Crippen molar-refractivity contribution < 1.29 is 4.74 Å². The Labute approximate surface area is 113 Å². The van der Waals surface area contributed by atoms with Gasteiger partial charge in [0, 0.05) is 12.7 Å². The Hall–Kier alpha value is -1.81. The van der Waals surface area contributed by atoms with E-state index in [1.165, 1.54) is 0 Å². The molecule has 0 aromatic carbocycles. The summed E-state index contributed by atoms with van der Waals surface area (Å²) in [4.78, 5) is 4.69. The van der Waals surface area contributed by atoms with Crippen LogP contribution in [0.4, 0.5) is 0 Å². The fraction of sp³-hybridized carbons (Fsp3) is 0.400. The van der Waals surface area contributed by atoms with Crippen LogP contribution >= 0.6 is 0 Å². The van der Waals surface area contributed by atoms with Gasteiger partial charge in [-0.15, -0.1) is 0 Å². The second-order valence-electron chi connectivity index (χ2n) is 5.11. The summed E-state index contributed by atoms with van der Waals surface area (Å²) in [6.45, 7) is 11.0. The lowest BCUT2D eigenvalue weighted by molar-refractivity contribution is 0.354. The summed E-state index contributed by atoms with van der Waals surface area (Å²) in [5.74, 6) is 1.11. The van der Waals surface area contributed by atoms with Gasteiger partial charge < -0.3 is 10.5 Å². The molecule has 0 aliphatic carbocycles. The van der Waals surface area contributed by atoms with Gasteiger partial charge in [0.25, 0.3) is 0 Å². The average molecular weight is 259 g/mol. The normalized spacial score (nSPS) is 11.2. The van der Waals surface area contributed by atoms with Crippen LogP contribution in [0.15, 0.2) is 30.5 Å². The van der Waals surface area contributed by atoms with Crippen LogP contribution in [0.3, 0.4) is 0 Å². The molecule has 0 unspecified atom stereocenters. The van der Waals surface area contributed by atoms with Crippen molar-refractivity contribution in [1.82, 2.24) is 9.38 Å². The predicted octanol–water partition coefficient (Wildman–Crippen LogP) is 2.87. The summed E-state index contributed by atoms with van der Waals surface area (Å²) in [6.07, 6.45) is 1.98. The summed E-state index contributed by atoms with van der Waals surface area (Å²) in [6, 6.07) is 3.88. The molecule has 2 aromatic rings. The van der Waals surface area contributed by atoms with Crippen molar-refractivity contribution in [3.05, 3.63) is 41.9 Å². The summed E-state index contributed by atoms with van der Waals surface area (Å²) >= 11 is 0. The molecular formula is C15H21N3O. The van der Waals surface area contributed by atoms with Crippen molar-refractivity contribution in [3.63, 3.8) is 0 Å². The molecule has 4 nitrogen and oxygen atoms in total. The lowest BCUT2D eigenvalue weighted by Gasteiger charge is -2.07. The molecule has 2 rings (SSSR count). The number of aromatic nitrogens is 2. The average Bonchev–Trinajstić information content (AvgIpc) is 2.75. The molecule has 2 heterocycles. The van der Waals surface area contributed by atoms with Crippen LogP contribution in [0.5, 0.6) is 5.75 Å². The molecular weight excluding hydrogens is 238 g/mol. The smallest absolute Gasteiger partial charge is 0.180 e. The van der Waals surface area contributed by atoms with Gasteiger partial charge in [-0.1, -0.05) is 20.4 Å². The summed E-state index contributed by atoms with van der Waals surface area (Å²) in [5.41, 5.74) is 9.75. The van der Waals surface area contributed by atoms with Crippen LogP contribution in [0.25, 0.3) is 5.65 Å². The molecule has 0 saturated heterocycles. The van der Waals surface area contributed by atoms with Crippen LogP contribution in [-0.2, 0) is 6.54 Å². The number of imidazole rings is 1. The van der Waals surface area contributed by atoms with Gasteiger partial charge >= 0.3 is 0 Å². The predicted molar refractivity (Wildman–Crippen MR) is 77.5 cm³/mol. The fourth-order valence-electron chi connectivity index (χ4n) is 2.09. The highest BCUT2D eigenvalue weighted by molar-refractivity contribution is 5.56. The Morgan fingerprint density at radius 1 is 1.53 bits per heavy atom. The highest BCUT2D eigenvalue weighted by Crippen LogP contribution is 2.26. The van der Waals surface area contributed by atoms with Crippen LogP contribution in [0.2, 0.25) is 0 Å². The van der Waals surface area contributed by atoms with Gasteiger partial charge in [0.15, 0.2) is 11.4 Å². The first-order chi connectivity index (χ1) is 9.04. The van der Waals surface area contributed by atoms with Gasteiger partial charge in [-0.2, -0.15) is 0 Å². The highest BCUT2D eigenvalue weighted by Gasteiger charge is 2.16. The zero-order valence-electron chi connectivity index (χ0n) is 11.8. The number of rotatable bonds is 5. The van der Waals surface area contributed by atoms with Crippen molar-refractivity contribution in [1.29, 1.82) is 0 Å². The monoisotopic (exact) mass is 259 g/mol. The first-order valence-corrected chi connectivity index (χ1v) is 6.51. The molecule has 0 saturated carbocycles. The highest BCUT2D eigenvalue weighted by atomic mass is 16.5. The summed E-state index contributed by atoms with van der Waals surface area (Å²) in [7, 11) is 0. The van der Waals surface area contributed by atoms with Crippen LogP contribution in [-0.4, -0.2) is 16.0 Å². The summed E-state index contributed by atoms with van der Waals surface area (Å²) < 4.78 is 7.77. The van der Waals surface area contributed by atoms with E-state index < -0.39 is 0 Å². The van der Waals surface area contributed by atoms with Gasteiger partial charge in [0.2, 0.25) is 0 Å². The van der Waals surface area contributed by atoms with E-state index in [1.807, 2.05) is 29.7 Å². The molecule has 0 spiro atoms. The fourth-order valence-corrected chi connectivity index (χ4v) is 2.09. The van der Waals surface area contributed by atoms with E-state index in [2.05, 4.69) is 25.4 Å². The van der Waals surface area contributed by atoms with E-state index in [0.29, 0.717) is 19.1 Å². The molecule has 0 atom stereocenters. The third-order valence-electron chi connectivity index (χ3n) is 2.96. The Kier molecular flexibility index (Phi) is 3.90. The third-order valence-corrected chi connectivity index (χ3v) is 2.96. The van der Waals surface area contributed by atoms with E-state index in [9.17, 15) is 0 Å². The SMILES string of the molecule is C=C(C)COc1cccn2c(CN)c(C(C)C)nc12. The van der Waals surface area contributed by atoms with E-state index in [1.54, 1.807) is 0 Å². The van der Waals surface area contributed by atoms with E-state index in [4.69, 9.17) is 10.5 Å². The van der Waals surface area contributed by atoms with Crippen LogP contribution < -0.4 is 10.5 Å². The zero-order chi connectivity index (χ0) is 14.0. The van der Waals surface area contributed by atoms with Crippen molar-refractivity contribution in [2.24, 2.45) is 5.73 Å². The van der Waals surface area contributed by atoms with Gasteiger partial charge in [0.05, 0.1) is 11.4 Å². The minimum Gasteiger partial charge on any atom is -0.485 e. The summed E-state index contributed by atoms with van der Waals surface area (Å²) in [5, 5.41) is 0. The second-order valence-corrected chi connectivity index (χ2v) is 5.11. The molecule has 4 heteroatoms. The van der Waals surface area contributed by atoms with Crippen molar-refractivity contribution >= 4 is 5.65 Å². The van der Waals surface area contributed by atoms with Gasteiger partial charge in [-0.25, -0.2) is 4.98 Å². The number of fused-ring (bicyclic) bond motifs is 1. The van der Waals surface area contributed by atoms with Crippen molar-refractivity contribution in [2.45, 2.75) is 33.2 Å². The minimum absolute atomic E-state index is 0.340. The Balaban J connectivity index is 2.52. The third kappa shape index (κ3) is 2.63. The molecule has 2 N–H and O–H groups in total. The maximum absolute atomic E-state index is 5.86. The topological polar surface area (TPSA) is 52.5 Å². The standard InChI is InChI=1S/C15H21N3O/c1-10(2)9-19-13-6-5-7-18-12(8-16)14(11(3)4)17-15(13)18/h5-7,11H,1,8-9,16H2,2-4H3. The Bertz CT molecular complexity index is 599. The number of nitrogens with two attached hydrogens (primary N) is 1. The van der Waals surface area contributed by atoms with E-state index in [0.717, 1.165) is 28.4 Å². The molecule has 0 bridgehead atoms. The van der Waals surface area contributed by atoms with Gasteiger partial charge in [0.1, 0.15) is 6.61 Å². The van der Waals surface area contributed by atoms with Crippen LogP contribution in [0.1, 0.15) is 38.1 Å². The Morgan fingerprint density at radius 3 is 2.84 bits per heavy atom. The number of hydrogen-bond donors (Lipinski definition) is 1. The van der Waals surface area contributed by atoms with Crippen LogP contribution in [0, 0.1) is 0 Å². The zero-order valence-corrected chi connectivity index (χ0v) is 11.8. The number of hydrogen-bond acceptors (Lipinski definition) is 3. The molecule has 0 amide bonds. The maximum atomic E-state index is 5.86. The Morgan fingerprint density at radius 2 is 2.26 bits per heavy atom. The lowest BCUT2D eigenvalue weighted by Crippen LogP contribution is -2.05. The van der Waals surface area contributed by atoms with E-state index in [-0.39, 0.29) is 0 Å². The number of ether oxygens (including phenoxy) is 1. The molecule has 0 aliphatic heterocycles. The van der Waals surface area contributed by atoms with Crippen molar-refractivity contribution in [3.8, 4) is 5.75 Å². The minimum atomic E-state index is 0.340. The maximum Gasteiger partial charge on any atom is 0.180 e. The molecule has 0 radical (unpaired) electrons. The first kappa shape index (κ1) is 13.6. The number of nitrogens with zero attached hydrogens (tertiary/aromatic N) is 2. The molecule has 2 aromatic heterocycles. The van der Waals surface area contributed by atoms with E-state index >= 15 is 0 Å².